The maximum Gasteiger partial charge on any atom is 0.363 e. The number of hydrogen-bond acceptors (Lipinski definition) is 5. The average molecular weight is 513 g/mol. The number of carbonyl (C=O) groups excluding carboxylic acids is 1. The topological polar surface area (TPSA) is 57.1 Å². The van der Waals surface area contributed by atoms with Crippen LogP contribution < -0.4 is 9.47 Å². The van der Waals surface area contributed by atoms with Crippen LogP contribution in [0.1, 0.15) is 23.6 Å². The van der Waals surface area contributed by atoms with Gasteiger partial charge in [0.15, 0.2) is 17.2 Å². The van der Waals surface area contributed by atoms with Crippen molar-refractivity contribution in [2.45, 2.75) is 13.5 Å². The first-order valence-electron chi connectivity index (χ1n) is 9.95. The third-order valence-corrected chi connectivity index (χ3v) is 5.70. The normalized spacial score (nSPS) is 14.3. The molecule has 0 spiro atoms. The molecule has 0 saturated heterocycles. The lowest BCUT2D eigenvalue weighted by molar-refractivity contribution is -0.129. The molecule has 0 atom stereocenters. The highest BCUT2D eigenvalue weighted by atomic mass is 79.9. The van der Waals surface area contributed by atoms with Crippen molar-refractivity contribution in [1.82, 2.24) is 0 Å². The number of aliphatic imine (C=N–C) groups is 1. The predicted molar refractivity (Wildman–Crippen MR) is 128 cm³/mol. The Morgan fingerprint density at radius 1 is 1.03 bits per heavy atom. The Balaban J connectivity index is 1.58. The van der Waals surface area contributed by atoms with E-state index in [-0.39, 0.29) is 11.6 Å². The highest BCUT2D eigenvalue weighted by molar-refractivity contribution is 9.10. The first kappa shape index (κ1) is 22.1. The zero-order chi connectivity index (χ0) is 22.5. The standard InChI is InChI=1S/C25H19BrClNO4/c1-2-30-23-14-16(11-12-22(23)31-15-17-7-3-6-10-20(17)27)13-21-25(29)32-24(28-21)18-8-4-5-9-19(18)26/h3-14H,2,15H2,1H3. The molecule has 1 heterocycles. The van der Waals surface area contributed by atoms with E-state index >= 15 is 0 Å². The largest absolute Gasteiger partial charge is 0.490 e. The smallest absolute Gasteiger partial charge is 0.363 e. The fourth-order valence-electron chi connectivity index (χ4n) is 3.09. The van der Waals surface area contributed by atoms with E-state index in [2.05, 4.69) is 20.9 Å². The van der Waals surface area contributed by atoms with Gasteiger partial charge in [0.1, 0.15) is 6.61 Å². The average Bonchev–Trinajstić information content (AvgIpc) is 3.14. The van der Waals surface area contributed by atoms with E-state index in [0.717, 1.165) is 15.6 Å². The van der Waals surface area contributed by atoms with E-state index in [1.165, 1.54) is 0 Å². The first-order valence-corrected chi connectivity index (χ1v) is 11.1. The molecule has 0 fully saturated rings. The van der Waals surface area contributed by atoms with E-state index in [0.29, 0.717) is 35.3 Å². The Hall–Kier alpha value is -3.09. The molecule has 0 radical (unpaired) electrons. The maximum atomic E-state index is 12.4. The zero-order valence-electron chi connectivity index (χ0n) is 17.2. The van der Waals surface area contributed by atoms with Crippen LogP contribution >= 0.6 is 27.5 Å². The van der Waals surface area contributed by atoms with Crippen LogP contribution in [0.15, 0.2) is 81.9 Å². The van der Waals surface area contributed by atoms with Gasteiger partial charge in [-0.2, -0.15) is 0 Å². The summed E-state index contributed by atoms with van der Waals surface area (Å²) in [7, 11) is 0. The second-order valence-corrected chi connectivity index (χ2v) is 8.10. The van der Waals surface area contributed by atoms with E-state index in [4.69, 9.17) is 25.8 Å². The minimum absolute atomic E-state index is 0.211. The summed E-state index contributed by atoms with van der Waals surface area (Å²) < 4.78 is 17.8. The molecular weight excluding hydrogens is 494 g/mol. The van der Waals surface area contributed by atoms with Crippen LogP contribution in [0.4, 0.5) is 0 Å². The van der Waals surface area contributed by atoms with E-state index in [1.807, 2.05) is 61.5 Å². The van der Waals surface area contributed by atoms with Crippen LogP contribution in [0.3, 0.4) is 0 Å². The number of ether oxygens (including phenoxy) is 3. The number of esters is 1. The highest BCUT2D eigenvalue weighted by Crippen LogP contribution is 2.32. The monoisotopic (exact) mass is 511 g/mol. The van der Waals surface area contributed by atoms with E-state index < -0.39 is 5.97 Å². The van der Waals surface area contributed by atoms with Crippen LogP contribution in [0.5, 0.6) is 11.5 Å². The van der Waals surface area contributed by atoms with Crippen LogP contribution in [0, 0.1) is 0 Å². The summed E-state index contributed by atoms with van der Waals surface area (Å²) in [5.74, 6) is 0.904. The van der Waals surface area contributed by atoms with Gasteiger partial charge in [0.05, 0.1) is 12.2 Å². The van der Waals surface area contributed by atoms with Crippen LogP contribution in [-0.2, 0) is 16.1 Å². The molecule has 0 aliphatic carbocycles. The predicted octanol–water partition coefficient (Wildman–Crippen LogP) is 6.42. The van der Waals surface area contributed by atoms with Crippen molar-refractivity contribution in [2.75, 3.05) is 6.61 Å². The molecule has 162 valence electrons. The van der Waals surface area contributed by atoms with Crippen LogP contribution in [-0.4, -0.2) is 18.5 Å². The molecule has 3 aromatic rings. The van der Waals surface area contributed by atoms with Gasteiger partial charge < -0.3 is 14.2 Å². The summed E-state index contributed by atoms with van der Waals surface area (Å²) in [5.41, 5.74) is 2.54. The summed E-state index contributed by atoms with van der Waals surface area (Å²) >= 11 is 9.67. The number of rotatable bonds is 7. The summed E-state index contributed by atoms with van der Waals surface area (Å²) in [5, 5.41) is 0.644. The number of nitrogens with zero attached hydrogens (tertiary/aromatic N) is 1. The molecule has 0 aromatic heterocycles. The molecule has 0 saturated carbocycles. The van der Waals surface area contributed by atoms with Gasteiger partial charge >= 0.3 is 5.97 Å². The van der Waals surface area contributed by atoms with Crippen molar-refractivity contribution < 1.29 is 19.0 Å². The number of hydrogen-bond donors (Lipinski definition) is 0. The van der Waals surface area contributed by atoms with Crippen LogP contribution in [0.2, 0.25) is 5.02 Å². The fraction of sp³-hybridized carbons (Fsp3) is 0.120. The highest BCUT2D eigenvalue weighted by Gasteiger charge is 2.25. The second-order valence-electron chi connectivity index (χ2n) is 6.84. The fourth-order valence-corrected chi connectivity index (χ4v) is 3.73. The molecule has 32 heavy (non-hydrogen) atoms. The van der Waals surface area contributed by atoms with Crippen molar-refractivity contribution in [3.63, 3.8) is 0 Å². The van der Waals surface area contributed by atoms with Gasteiger partial charge in [0, 0.05) is 15.1 Å². The number of carbonyl (C=O) groups is 1. The Bertz CT molecular complexity index is 1220. The molecule has 5 nitrogen and oxygen atoms in total. The van der Waals surface area contributed by atoms with Gasteiger partial charge in [-0.3, -0.25) is 0 Å². The molecule has 0 unspecified atom stereocenters. The molecule has 0 N–H and O–H groups in total. The molecule has 4 rings (SSSR count). The number of cyclic esters (lactones) is 1. The maximum absolute atomic E-state index is 12.4. The van der Waals surface area contributed by atoms with Crippen molar-refractivity contribution in [2.24, 2.45) is 4.99 Å². The van der Waals surface area contributed by atoms with Crippen LogP contribution in [0.25, 0.3) is 6.08 Å². The molecule has 0 bridgehead atoms. The minimum atomic E-state index is -0.507. The Labute approximate surface area is 199 Å². The van der Waals surface area contributed by atoms with E-state index in [1.54, 1.807) is 18.2 Å². The molecule has 3 aromatic carbocycles. The minimum Gasteiger partial charge on any atom is -0.490 e. The van der Waals surface area contributed by atoms with Gasteiger partial charge in [-0.05, 0) is 64.8 Å². The SMILES string of the molecule is CCOc1cc(C=C2N=C(c3ccccc3Br)OC2=O)ccc1OCc1ccccc1Cl. The lowest BCUT2D eigenvalue weighted by atomic mass is 10.1. The summed E-state index contributed by atoms with van der Waals surface area (Å²) in [4.78, 5) is 16.7. The summed E-state index contributed by atoms with van der Waals surface area (Å²) in [6.45, 7) is 2.67. The third kappa shape index (κ3) is 5.03. The van der Waals surface area contributed by atoms with E-state index in [9.17, 15) is 4.79 Å². The lowest BCUT2D eigenvalue weighted by Gasteiger charge is -2.13. The van der Waals surface area contributed by atoms with Crippen molar-refractivity contribution >= 4 is 45.5 Å². The Morgan fingerprint density at radius 2 is 1.81 bits per heavy atom. The number of benzene rings is 3. The van der Waals surface area contributed by atoms with Gasteiger partial charge in [0.2, 0.25) is 5.90 Å². The lowest BCUT2D eigenvalue weighted by Crippen LogP contribution is -2.05. The van der Waals surface area contributed by atoms with Gasteiger partial charge in [-0.15, -0.1) is 0 Å². The van der Waals surface area contributed by atoms with Gasteiger partial charge in [-0.25, -0.2) is 9.79 Å². The molecule has 7 heteroatoms. The first-order chi connectivity index (χ1) is 15.5. The van der Waals surface area contributed by atoms with Crippen molar-refractivity contribution in [3.05, 3.63) is 98.6 Å². The van der Waals surface area contributed by atoms with Gasteiger partial charge in [0.25, 0.3) is 0 Å². The molecule has 0 amide bonds. The second kappa shape index (κ2) is 10.0. The molecule has 1 aliphatic rings. The number of halogens is 2. The van der Waals surface area contributed by atoms with Crippen molar-refractivity contribution in [3.8, 4) is 11.5 Å². The zero-order valence-corrected chi connectivity index (χ0v) is 19.5. The molecular formula is C25H19BrClNO4. The van der Waals surface area contributed by atoms with Crippen molar-refractivity contribution in [1.29, 1.82) is 0 Å². The summed E-state index contributed by atoms with van der Waals surface area (Å²) in [6, 6.07) is 20.4. The third-order valence-electron chi connectivity index (χ3n) is 4.64. The van der Waals surface area contributed by atoms with Gasteiger partial charge in [-0.1, -0.05) is 48.0 Å². The summed E-state index contributed by atoms with van der Waals surface area (Å²) in [6.07, 6.45) is 1.66. The quantitative estimate of drug-likeness (QED) is 0.271. The Kier molecular flexibility index (Phi) is 6.93. The Morgan fingerprint density at radius 3 is 2.59 bits per heavy atom. The molecule has 1 aliphatic heterocycles.